The monoisotopic (exact) mass is 390 g/mol. The summed E-state index contributed by atoms with van der Waals surface area (Å²) in [5.41, 5.74) is 1.90. The van der Waals surface area contributed by atoms with Crippen LogP contribution in [0.3, 0.4) is 0 Å². The molecule has 96 valence electrons. The molecule has 1 unspecified atom stereocenters. The molecule has 0 saturated heterocycles. The second kappa shape index (κ2) is 5.74. The van der Waals surface area contributed by atoms with Gasteiger partial charge < -0.3 is 9.84 Å². The molecule has 18 heavy (non-hydrogen) atoms. The van der Waals surface area contributed by atoms with Crippen LogP contribution in [0, 0.1) is 6.92 Å². The van der Waals surface area contributed by atoms with Crippen LogP contribution in [0.25, 0.3) is 0 Å². The van der Waals surface area contributed by atoms with E-state index in [1.54, 1.807) is 18.4 Å². The number of aliphatic hydroxyl groups excluding tert-OH is 1. The van der Waals surface area contributed by atoms with Crippen molar-refractivity contribution in [3.63, 3.8) is 0 Å². The number of ether oxygens (including phenoxy) is 1. The highest BCUT2D eigenvalue weighted by Gasteiger charge is 2.18. The average molecular weight is 392 g/mol. The lowest BCUT2D eigenvalue weighted by molar-refractivity contribution is 0.218. The third-order valence-corrected chi connectivity index (χ3v) is 5.32. The minimum atomic E-state index is -0.664. The van der Waals surface area contributed by atoms with Gasteiger partial charge >= 0.3 is 0 Å². The van der Waals surface area contributed by atoms with Gasteiger partial charge in [-0.3, -0.25) is 0 Å². The van der Waals surface area contributed by atoms with E-state index in [0.29, 0.717) is 5.75 Å². The summed E-state index contributed by atoms with van der Waals surface area (Å²) in [7, 11) is 1.60. The summed E-state index contributed by atoms with van der Waals surface area (Å²) in [6.07, 6.45) is -0.664. The number of benzene rings is 1. The van der Waals surface area contributed by atoms with Crippen molar-refractivity contribution in [2.45, 2.75) is 13.0 Å². The van der Waals surface area contributed by atoms with Crippen molar-refractivity contribution in [2.24, 2.45) is 0 Å². The molecule has 1 atom stereocenters. The lowest BCUT2D eigenvalue weighted by Gasteiger charge is -2.13. The molecule has 0 radical (unpaired) electrons. The highest BCUT2D eigenvalue weighted by molar-refractivity contribution is 9.11. The summed E-state index contributed by atoms with van der Waals surface area (Å²) < 4.78 is 7.29. The van der Waals surface area contributed by atoms with Crippen LogP contribution >= 0.6 is 43.2 Å². The molecule has 0 aliphatic heterocycles. The SMILES string of the molecule is COc1cc(Br)ccc1C(O)c1cc(C)c(Br)s1. The first-order valence-corrected chi connectivity index (χ1v) is 7.70. The molecule has 0 saturated carbocycles. The predicted molar refractivity (Wildman–Crippen MR) is 81.5 cm³/mol. The second-order valence-corrected chi connectivity index (χ2v) is 7.21. The topological polar surface area (TPSA) is 29.5 Å². The number of hydrogen-bond acceptors (Lipinski definition) is 3. The number of thiophene rings is 1. The third-order valence-electron chi connectivity index (χ3n) is 2.64. The Bertz CT molecular complexity index is 547. The van der Waals surface area contributed by atoms with E-state index < -0.39 is 6.10 Å². The summed E-state index contributed by atoms with van der Waals surface area (Å²) in [5, 5.41) is 10.4. The van der Waals surface area contributed by atoms with E-state index in [0.717, 1.165) is 24.3 Å². The minimum Gasteiger partial charge on any atom is -0.496 e. The Morgan fingerprint density at radius 2 is 2.00 bits per heavy atom. The number of aliphatic hydroxyl groups is 1. The molecule has 1 aromatic heterocycles. The average Bonchev–Trinajstić information content (AvgIpc) is 2.68. The van der Waals surface area contributed by atoms with Crippen LogP contribution in [0.4, 0.5) is 0 Å². The molecule has 2 rings (SSSR count). The molecule has 1 aromatic carbocycles. The number of halogens is 2. The molecule has 0 fully saturated rings. The lowest BCUT2D eigenvalue weighted by atomic mass is 10.1. The zero-order chi connectivity index (χ0) is 13.3. The zero-order valence-corrected chi connectivity index (χ0v) is 13.9. The Labute approximate surface area is 127 Å². The number of rotatable bonds is 3. The van der Waals surface area contributed by atoms with Gasteiger partial charge in [0.1, 0.15) is 11.9 Å². The van der Waals surface area contributed by atoms with Crippen molar-refractivity contribution in [3.05, 3.63) is 48.5 Å². The highest BCUT2D eigenvalue weighted by atomic mass is 79.9. The van der Waals surface area contributed by atoms with E-state index in [1.807, 2.05) is 31.2 Å². The largest absolute Gasteiger partial charge is 0.496 e. The molecular weight excluding hydrogens is 380 g/mol. The zero-order valence-electron chi connectivity index (χ0n) is 9.91. The van der Waals surface area contributed by atoms with Crippen molar-refractivity contribution < 1.29 is 9.84 Å². The van der Waals surface area contributed by atoms with E-state index in [9.17, 15) is 5.11 Å². The molecule has 0 spiro atoms. The molecule has 5 heteroatoms. The Balaban J connectivity index is 2.42. The van der Waals surface area contributed by atoms with Crippen LogP contribution in [-0.4, -0.2) is 12.2 Å². The van der Waals surface area contributed by atoms with Gasteiger partial charge in [-0.15, -0.1) is 11.3 Å². The van der Waals surface area contributed by atoms with Crippen LogP contribution in [0.5, 0.6) is 5.75 Å². The molecule has 0 amide bonds. The predicted octanol–water partition coefficient (Wildman–Crippen LogP) is 4.67. The van der Waals surface area contributed by atoms with E-state index in [4.69, 9.17) is 4.74 Å². The summed E-state index contributed by atoms with van der Waals surface area (Å²) in [6.45, 7) is 2.01. The van der Waals surface area contributed by atoms with Crippen molar-refractivity contribution in [1.82, 2.24) is 0 Å². The maximum absolute atomic E-state index is 10.4. The summed E-state index contributed by atoms with van der Waals surface area (Å²) in [5.74, 6) is 0.680. The van der Waals surface area contributed by atoms with Gasteiger partial charge in [-0.2, -0.15) is 0 Å². The van der Waals surface area contributed by atoms with Crippen LogP contribution in [0.15, 0.2) is 32.5 Å². The van der Waals surface area contributed by atoms with E-state index in [1.165, 1.54) is 0 Å². The first-order valence-electron chi connectivity index (χ1n) is 5.30. The molecule has 1 heterocycles. The molecule has 1 N–H and O–H groups in total. The van der Waals surface area contributed by atoms with Crippen LogP contribution in [0.2, 0.25) is 0 Å². The van der Waals surface area contributed by atoms with E-state index in [-0.39, 0.29) is 0 Å². The smallest absolute Gasteiger partial charge is 0.126 e. The fourth-order valence-corrected chi connectivity index (χ4v) is 3.60. The number of aryl methyl sites for hydroxylation is 1. The molecule has 2 aromatic rings. The molecule has 2 nitrogen and oxygen atoms in total. The van der Waals surface area contributed by atoms with Gasteiger partial charge in [-0.25, -0.2) is 0 Å². The van der Waals surface area contributed by atoms with Crippen molar-refractivity contribution in [1.29, 1.82) is 0 Å². The van der Waals surface area contributed by atoms with E-state index >= 15 is 0 Å². The Kier molecular flexibility index (Phi) is 4.48. The molecule has 0 aliphatic carbocycles. The van der Waals surface area contributed by atoms with Gasteiger partial charge in [0, 0.05) is 14.9 Å². The standard InChI is InChI=1S/C13H12Br2O2S/c1-7-5-11(18-13(7)15)12(16)9-4-3-8(14)6-10(9)17-2/h3-6,12,16H,1-2H3. The summed E-state index contributed by atoms with van der Waals surface area (Å²) in [6, 6.07) is 7.61. The van der Waals surface area contributed by atoms with Gasteiger partial charge in [0.2, 0.25) is 0 Å². The molecular formula is C13H12Br2O2S. The van der Waals surface area contributed by atoms with Gasteiger partial charge in [-0.1, -0.05) is 22.0 Å². The summed E-state index contributed by atoms with van der Waals surface area (Å²) in [4.78, 5) is 0.903. The van der Waals surface area contributed by atoms with E-state index in [2.05, 4.69) is 31.9 Å². The van der Waals surface area contributed by atoms with Crippen LogP contribution < -0.4 is 4.74 Å². The lowest BCUT2D eigenvalue weighted by Crippen LogP contribution is -2.00. The molecule has 0 bridgehead atoms. The Morgan fingerprint density at radius 3 is 2.56 bits per heavy atom. The normalized spacial score (nSPS) is 12.5. The van der Waals surface area contributed by atoms with Gasteiger partial charge in [0.25, 0.3) is 0 Å². The second-order valence-electron chi connectivity index (χ2n) is 3.89. The minimum absolute atomic E-state index is 0.664. The quantitative estimate of drug-likeness (QED) is 0.823. The van der Waals surface area contributed by atoms with Crippen molar-refractivity contribution in [2.75, 3.05) is 7.11 Å². The van der Waals surface area contributed by atoms with Gasteiger partial charge in [-0.05, 0) is 46.6 Å². The first kappa shape index (κ1) is 14.1. The maximum atomic E-state index is 10.4. The first-order chi connectivity index (χ1) is 8.52. The maximum Gasteiger partial charge on any atom is 0.126 e. The van der Waals surface area contributed by atoms with Gasteiger partial charge in [0.15, 0.2) is 0 Å². The molecule has 0 aliphatic rings. The third kappa shape index (κ3) is 2.79. The van der Waals surface area contributed by atoms with Crippen molar-refractivity contribution >= 4 is 43.2 Å². The van der Waals surface area contributed by atoms with Crippen LogP contribution in [-0.2, 0) is 0 Å². The Hall–Kier alpha value is -0.360. The summed E-state index contributed by atoms with van der Waals surface area (Å²) >= 11 is 8.40. The fourth-order valence-electron chi connectivity index (χ4n) is 1.68. The number of methoxy groups -OCH3 is 1. The Morgan fingerprint density at radius 1 is 1.28 bits per heavy atom. The van der Waals surface area contributed by atoms with Gasteiger partial charge in [0.05, 0.1) is 10.9 Å². The number of hydrogen-bond donors (Lipinski definition) is 1. The highest BCUT2D eigenvalue weighted by Crippen LogP contribution is 2.38. The van der Waals surface area contributed by atoms with Crippen molar-refractivity contribution in [3.8, 4) is 5.75 Å². The fraction of sp³-hybridized carbons (Fsp3) is 0.231. The van der Waals surface area contributed by atoms with Crippen LogP contribution in [0.1, 0.15) is 22.1 Å².